The first-order valence-electron chi connectivity index (χ1n) is 6.52. The van der Waals surface area contributed by atoms with Gasteiger partial charge in [0.1, 0.15) is 0 Å². The van der Waals surface area contributed by atoms with Gasteiger partial charge in [0.25, 0.3) is 5.91 Å². The van der Waals surface area contributed by atoms with Crippen LogP contribution in [0.1, 0.15) is 24.8 Å². The van der Waals surface area contributed by atoms with Gasteiger partial charge in [-0.25, -0.2) is 0 Å². The number of alkyl halides is 5. The molecule has 0 saturated heterocycles. The minimum Gasteiger partial charge on any atom is -0.351 e. The van der Waals surface area contributed by atoms with Crippen LogP contribution in [0.15, 0.2) is 30.3 Å². The normalized spacial score (nSPS) is 12.2. The first-order valence-corrected chi connectivity index (χ1v) is 6.52. The zero-order valence-electron chi connectivity index (χ0n) is 11.2. The fourth-order valence-corrected chi connectivity index (χ4v) is 1.72. The number of hydrogen-bond donors (Lipinski definition) is 1. The zero-order valence-corrected chi connectivity index (χ0v) is 11.2. The van der Waals surface area contributed by atoms with Crippen LogP contribution < -0.4 is 5.32 Å². The van der Waals surface area contributed by atoms with E-state index in [-0.39, 0.29) is 6.54 Å². The highest BCUT2D eigenvalue weighted by atomic mass is 19.4. The molecular weight excluding hydrogens is 293 g/mol. The van der Waals surface area contributed by atoms with E-state index in [9.17, 15) is 26.7 Å². The number of carbonyl (C=O) groups excluding carboxylic acids is 1. The Morgan fingerprint density at radius 1 is 0.952 bits per heavy atom. The highest BCUT2D eigenvalue weighted by Gasteiger charge is 2.63. The van der Waals surface area contributed by atoms with E-state index < -0.39 is 18.0 Å². The summed E-state index contributed by atoms with van der Waals surface area (Å²) in [6.45, 7) is -0.195. The fourth-order valence-electron chi connectivity index (χ4n) is 1.72. The third kappa shape index (κ3) is 5.32. The van der Waals surface area contributed by atoms with E-state index in [0.717, 1.165) is 18.4 Å². The molecule has 0 unspecified atom stereocenters. The van der Waals surface area contributed by atoms with Crippen LogP contribution in [0.5, 0.6) is 0 Å². The maximum absolute atomic E-state index is 12.6. The second kappa shape index (κ2) is 7.38. The van der Waals surface area contributed by atoms with Crippen LogP contribution in [0, 0.1) is 0 Å². The first-order chi connectivity index (χ1) is 9.75. The summed E-state index contributed by atoms with van der Waals surface area (Å²) in [5, 5.41) is 1.62. The molecule has 0 atom stereocenters. The Morgan fingerprint density at radius 3 is 2.14 bits per heavy atom. The van der Waals surface area contributed by atoms with Gasteiger partial charge in [0, 0.05) is 6.54 Å². The van der Waals surface area contributed by atoms with Gasteiger partial charge in [-0.2, -0.15) is 22.0 Å². The van der Waals surface area contributed by atoms with Gasteiger partial charge in [-0.15, -0.1) is 0 Å². The maximum atomic E-state index is 12.6. The molecule has 0 saturated carbocycles. The van der Waals surface area contributed by atoms with Gasteiger partial charge in [-0.05, 0) is 24.8 Å². The van der Waals surface area contributed by atoms with Crippen LogP contribution in [0.4, 0.5) is 22.0 Å². The molecule has 1 N–H and O–H groups in total. The van der Waals surface area contributed by atoms with Crippen molar-refractivity contribution in [1.82, 2.24) is 5.32 Å². The summed E-state index contributed by atoms with van der Waals surface area (Å²) in [4.78, 5) is 10.8. The van der Waals surface area contributed by atoms with E-state index in [1.807, 2.05) is 30.3 Å². The lowest BCUT2D eigenvalue weighted by atomic mass is 10.1. The van der Waals surface area contributed by atoms with Gasteiger partial charge >= 0.3 is 12.1 Å². The number of rotatable bonds is 7. The molecule has 0 aliphatic rings. The van der Waals surface area contributed by atoms with E-state index in [0.29, 0.717) is 12.8 Å². The van der Waals surface area contributed by atoms with Gasteiger partial charge in [0.05, 0.1) is 0 Å². The molecule has 1 aromatic rings. The molecule has 1 aromatic carbocycles. The van der Waals surface area contributed by atoms with Crippen LogP contribution in [0.3, 0.4) is 0 Å². The Labute approximate surface area is 119 Å². The Hall–Kier alpha value is -1.66. The maximum Gasteiger partial charge on any atom is 0.463 e. The van der Waals surface area contributed by atoms with Crippen molar-refractivity contribution in [2.45, 2.75) is 37.8 Å². The van der Waals surface area contributed by atoms with Gasteiger partial charge in [0.2, 0.25) is 0 Å². The molecule has 0 radical (unpaired) electrons. The van der Waals surface area contributed by atoms with Crippen LogP contribution in [-0.2, 0) is 11.2 Å². The van der Waals surface area contributed by atoms with Crippen LogP contribution >= 0.6 is 0 Å². The number of aryl methyl sites for hydroxylation is 1. The van der Waals surface area contributed by atoms with Crippen molar-refractivity contribution < 1.29 is 26.7 Å². The molecular formula is C14H16F5NO. The minimum atomic E-state index is -5.86. The first kappa shape index (κ1) is 17.4. The van der Waals surface area contributed by atoms with Gasteiger partial charge in [-0.1, -0.05) is 36.8 Å². The fraction of sp³-hybridized carbons (Fsp3) is 0.500. The molecule has 0 bridgehead atoms. The highest BCUT2D eigenvalue weighted by Crippen LogP contribution is 2.35. The Bertz CT molecular complexity index is 444. The largest absolute Gasteiger partial charge is 0.463 e. The lowest BCUT2D eigenvalue weighted by Gasteiger charge is -2.18. The molecule has 0 aromatic heterocycles. The molecule has 21 heavy (non-hydrogen) atoms. The number of benzene rings is 1. The van der Waals surface area contributed by atoms with E-state index in [1.54, 1.807) is 5.32 Å². The number of halogens is 5. The second-order valence-electron chi connectivity index (χ2n) is 4.62. The number of carbonyl (C=O) groups is 1. The summed E-state index contributed by atoms with van der Waals surface area (Å²) in [6.07, 6.45) is -3.30. The van der Waals surface area contributed by atoms with Gasteiger partial charge in [-0.3, -0.25) is 4.79 Å². The molecule has 0 aliphatic carbocycles. The van der Waals surface area contributed by atoms with Crippen LogP contribution in [0.25, 0.3) is 0 Å². The molecule has 0 spiro atoms. The van der Waals surface area contributed by atoms with Crippen molar-refractivity contribution in [2.75, 3.05) is 6.54 Å². The topological polar surface area (TPSA) is 29.1 Å². The third-order valence-electron chi connectivity index (χ3n) is 2.91. The molecule has 0 heterocycles. The zero-order chi connectivity index (χ0) is 15.9. The highest BCUT2D eigenvalue weighted by molar-refractivity contribution is 5.84. The third-order valence-corrected chi connectivity index (χ3v) is 2.91. The summed E-state index contributed by atoms with van der Waals surface area (Å²) in [6, 6.07) is 9.58. The quantitative estimate of drug-likeness (QED) is 0.604. The Balaban J connectivity index is 2.18. The van der Waals surface area contributed by atoms with Gasteiger partial charge < -0.3 is 5.32 Å². The number of hydrogen-bond acceptors (Lipinski definition) is 1. The van der Waals surface area contributed by atoms with E-state index in [4.69, 9.17) is 0 Å². The Kier molecular flexibility index (Phi) is 6.11. The number of nitrogens with one attached hydrogen (secondary N) is 1. The summed E-state index contributed by atoms with van der Waals surface area (Å²) < 4.78 is 60.8. The average molecular weight is 309 g/mol. The smallest absolute Gasteiger partial charge is 0.351 e. The van der Waals surface area contributed by atoms with Crippen molar-refractivity contribution in [1.29, 1.82) is 0 Å². The lowest BCUT2D eigenvalue weighted by molar-refractivity contribution is -0.269. The summed E-state index contributed by atoms with van der Waals surface area (Å²) in [5.41, 5.74) is 1.13. The summed E-state index contributed by atoms with van der Waals surface area (Å²) >= 11 is 0. The number of unbranched alkanes of at least 4 members (excludes halogenated alkanes) is 2. The molecule has 1 rings (SSSR count). The van der Waals surface area contributed by atoms with Crippen molar-refractivity contribution >= 4 is 5.91 Å². The van der Waals surface area contributed by atoms with E-state index in [1.165, 1.54) is 0 Å². The predicted molar refractivity (Wildman–Crippen MR) is 68.0 cm³/mol. The Morgan fingerprint density at radius 2 is 1.57 bits per heavy atom. The second-order valence-corrected chi connectivity index (χ2v) is 4.62. The van der Waals surface area contributed by atoms with Crippen LogP contribution in [0.2, 0.25) is 0 Å². The van der Waals surface area contributed by atoms with E-state index >= 15 is 0 Å². The van der Waals surface area contributed by atoms with Crippen molar-refractivity contribution in [3.05, 3.63) is 35.9 Å². The molecule has 7 heteroatoms. The predicted octanol–water partition coefficient (Wildman–Crippen LogP) is 3.71. The van der Waals surface area contributed by atoms with Crippen molar-refractivity contribution in [3.63, 3.8) is 0 Å². The summed E-state index contributed by atoms with van der Waals surface area (Å²) in [7, 11) is 0. The lowest BCUT2D eigenvalue weighted by Crippen LogP contribution is -2.50. The number of amides is 1. The molecule has 0 aliphatic heterocycles. The summed E-state index contributed by atoms with van der Waals surface area (Å²) in [5.74, 6) is -7.63. The molecule has 2 nitrogen and oxygen atoms in total. The standard InChI is InChI=1S/C14H16F5NO/c15-13(16,14(17,18)19)12(21)20-10-6-2-5-9-11-7-3-1-4-8-11/h1,3-4,7-8H,2,5-6,9-10H2,(H,20,21). The molecule has 1 amide bonds. The monoisotopic (exact) mass is 309 g/mol. The van der Waals surface area contributed by atoms with Gasteiger partial charge in [0.15, 0.2) is 0 Å². The minimum absolute atomic E-state index is 0.195. The van der Waals surface area contributed by atoms with Crippen molar-refractivity contribution in [3.8, 4) is 0 Å². The average Bonchev–Trinajstić information content (AvgIpc) is 2.42. The molecule has 118 valence electrons. The van der Waals surface area contributed by atoms with E-state index in [2.05, 4.69) is 0 Å². The SMILES string of the molecule is O=C(NCCCCCc1ccccc1)C(F)(F)C(F)(F)F. The van der Waals surface area contributed by atoms with Crippen molar-refractivity contribution in [2.24, 2.45) is 0 Å². The van der Waals surface area contributed by atoms with Crippen LogP contribution in [-0.4, -0.2) is 24.6 Å². The molecule has 0 fully saturated rings.